The standard InChI is InChI=1S/2C10H5ClF3NOS.Co/c2*11-5-1-2-7-6(3-5)15-9(17-7)4-8(16)10(12,13)14;/h2*1-4H,(H,15,16);/q;;+2/p-2. The summed E-state index contributed by atoms with van der Waals surface area (Å²) in [7, 11) is 0. The van der Waals surface area contributed by atoms with Crippen molar-refractivity contribution >= 4 is 69.7 Å². The van der Waals surface area contributed by atoms with Gasteiger partial charge in [0, 0.05) is 10.0 Å². The molecule has 0 aromatic heterocycles. The number of hydrogen-bond acceptors (Lipinski definition) is 4. The molecule has 0 atom stereocenters. The number of halogens is 8. The topological polar surface area (TPSA) is 62.3 Å². The summed E-state index contributed by atoms with van der Waals surface area (Å²) in [4.78, 5) is 22.8. The van der Waals surface area contributed by atoms with Crippen LogP contribution in [0.2, 0.25) is 10.0 Å². The van der Waals surface area contributed by atoms with E-state index in [1.54, 1.807) is 24.3 Å². The minimum absolute atomic E-state index is 0. The van der Waals surface area contributed by atoms with Gasteiger partial charge in [0.15, 0.2) is 0 Å². The van der Waals surface area contributed by atoms with Crippen molar-refractivity contribution in [3.8, 4) is 0 Å². The Balaban J connectivity index is 0.000000240. The average molecular weight is 616 g/mol. The maximum absolute atomic E-state index is 12.0. The molecule has 187 valence electrons. The molecule has 2 aromatic carbocycles. The van der Waals surface area contributed by atoms with Crippen LogP contribution in [-0.2, 0) is 26.4 Å². The van der Waals surface area contributed by atoms with Gasteiger partial charge in [-0.1, -0.05) is 45.4 Å². The van der Waals surface area contributed by atoms with Crippen LogP contribution >= 0.6 is 46.7 Å². The van der Waals surface area contributed by atoms with E-state index in [0.29, 0.717) is 43.4 Å². The van der Waals surface area contributed by atoms with Gasteiger partial charge in [0.05, 0.1) is 0 Å². The van der Waals surface area contributed by atoms with Crippen LogP contribution in [0.4, 0.5) is 37.7 Å². The normalized spacial score (nSPS) is 16.3. The summed E-state index contributed by atoms with van der Waals surface area (Å²) in [5.74, 6) is -3.83. The molecule has 0 fully saturated rings. The number of rotatable bonds is 2. The zero-order chi connectivity index (χ0) is 25.3. The molecule has 4 rings (SSSR count). The van der Waals surface area contributed by atoms with E-state index in [4.69, 9.17) is 23.2 Å². The number of carbonyl (C=O) groups is 2. The Bertz CT molecular complexity index is 1130. The summed E-state index contributed by atoms with van der Waals surface area (Å²) in [5, 5.41) is 8.69. The number of carbonyl (C=O) groups excluding carboxylic acids is 2. The molecule has 2 aliphatic rings. The van der Waals surface area contributed by atoms with Crippen LogP contribution in [0.1, 0.15) is 0 Å². The molecule has 0 N–H and O–H groups in total. The second-order valence-electron chi connectivity index (χ2n) is 6.34. The molecule has 0 amide bonds. The molecule has 1 radical (unpaired) electrons. The molecule has 35 heavy (non-hydrogen) atoms. The Morgan fingerprint density at radius 2 is 1.06 bits per heavy atom. The molecule has 2 aliphatic heterocycles. The first kappa shape index (κ1) is 29.5. The quantitative estimate of drug-likeness (QED) is 0.250. The summed E-state index contributed by atoms with van der Waals surface area (Å²) >= 11 is 13.4. The van der Waals surface area contributed by atoms with Crippen LogP contribution in [-0.4, -0.2) is 23.9 Å². The molecule has 15 heteroatoms. The minimum Gasteiger partial charge on any atom is -0.651 e. The van der Waals surface area contributed by atoms with Crippen LogP contribution < -0.4 is 0 Å². The van der Waals surface area contributed by atoms with Crippen LogP contribution in [0.3, 0.4) is 0 Å². The fourth-order valence-electron chi connectivity index (χ4n) is 2.35. The van der Waals surface area contributed by atoms with Gasteiger partial charge in [0.1, 0.15) is 0 Å². The average Bonchev–Trinajstić information content (AvgIpc) is 3.28. The number of nitrogens with zero attached hydrogens (tertiary/aromatic N) is 2. The van der Waals surface area contributed by atoms with Gasteiger partial charge >= 0.3 is 29.1 Å². The molecule has 0 aliphatic carbocycles. The van der Waals surface area contributed by atoms with Crippen LogP contribution in [0, 0.1) is 0 Å². The Morgan fingerprint density at radius 1 is 0.714 bits per heavy atom. The van der Waals surface area contributed by atoms with Crippen molar-refractivity contribution in [3.05, 3.63) is 79.3 Å². The number of hydrogen-bond donors (Lipinski definition) is 0. The maximum atomic E-state index is 12.0. The Morgan fingerprint density at radius 3 is 1.37 bits per heavy atom. The molecular formula is C20H8Cl2CoF6N2O2S2. The first-order valence-electron chi connectivity index (χ1n) is 8.76. The smallest absolute Gasteiger partial charge is 0.651 e. The third-order valence-corrected chi connectivity index (χ3v) is 6.24. The fourth-order valence-corrected chi connectivity index (χ4v) is 4.44. The second kappa shape index (κ2) is 11.5. The van der Waals surface area contributed by atoms with Crippen molar-refractivity contribution in [3.63, 3.8) is 0 Å². The van der Waals surface area contributed by atoms with E-state index in [9.17, 15) is 35.9 Å². The number of alkyl halides is 6. The number of thioether (sulfide) groups is 2. The SMILES string of the molecule is O=C(/C=C1\[N-]c2cc(Cl)ccc2S1)C(F)(F)F.O=C(/C=C1\[N-]c2cc(Cl)ccc2S1)C(F)(F)F.[Co+2]. The van der Waals surface area contributed by atoms with E-state index in [1.807, 2.05) is 0 Å². The number of benzene rings is 2. The Hall–Kier alpha value is -1.77. The summed E-state index contributed by atoms with van der Waals surface area (Å²) in [6.45, 7) is 0. The van der Waals surface area contributed by atoms with Gasteiger partial charge in [-0.05, 0) is 46.2 Å². The van der Waals surface area contributed by atoms with Crippen LogP contribution in [0.5, 0.6) is 0 Å². The zero-order valence-electron chi connectivity index (χ0n) is 16.5. The third-order valence-electron chi connectivity index (χ3n) is 3.80. The number of fused-ring (bicyclic) bond motifs is 2. The Kier molecular flexibility index (Phi) is 9.70. The van der Waals surface area contributed by atoms with Crippen molar-refractivity contribution in [2.75, 3.05) is 0 Å². The molecular weight excluding hydrogens is 608 g/mol. The second-order valence-corrected chi connectivity index (χ2v) is 9.34. The zero-order valence-corrected chi connectivity index (χ0v) is 20.7. The van der Waals surface area contributed by atoms with Crippen LogP contribution in [0.15, 0.2) is 68.4 Å². The van der Waals surface area contributed by atoms with Crippen molar-refractivity contribution in [2.24, 2.45) is 0 Å². The molecule has 4 nitrogen and oxygen atoms in total. The van der Waals surface area contributed by atoms with Gasteiger partial charge in [-0.15, -0.1) is 34.9 Å². The summed E-state index contributed by atoms with van der Waals surface area (Å²) in [6, 6.07) is 9.57. The molecule has 0 unspecified atom stereocenters. The van der Waals surface area contributed by atoms with Gasteiger partial charge in [-0.2, -0.15) is 26.3 Å². The van der Waals surface area contributed by atoms with Crippen molar-refractivity contribution in [1.29, 1.82) is 0 Å². The molecule has 0 saturated heterocycles. The third kappa shape index (κ3) is 8.12. The van der Waals surface area contributed by atoms with Gasteiger partial charge in [-0.25, -0.2) is 0 Å². The largest absolute Gasteiger partial charge is 2.00 e. The van der Waals surface area contributed by atoms with E-state index >= 15 is 0 Å². The molecule has 2 aromatic rings. The first-order chi connectivity index (χ1) is 15.7. The van der Waals surface area contributed by atoms with Gasteiger partial charge < -0.3 is 10.6 Å². The molecule has 2 heterocycles. The van der Waals surface area contributed by atoms with Crippen molar-refractivity contribution in [1.82, 2.24) is 0 Å². The van der Waals surface area contributed by atoms with E-state index in [1.165, 1.54) is 12.1 Å². The van der Waals surface area contributed by atoms with Gasteiger partial charge in [-0.3, -0.25) is 9.59 Å². The van der Waals surface area contributed by atoms with Gasteiger partial charge in [0.2, 0.25) is 0 Å². The minimum atomic E-state index is -4.87. The Labute approximate surface area is 223 Å². The van der Waals surface area contributed by atoms with Crippen molar-refractivity contribution in [2.45, 2.75) is 22.1 Å². The summed E-state index contributed by atoms with van der Waals surface area (Å²) in [6.07, 6.45) is -8.76. The monoisotopic (exact) mass is 615 g/mol. The summed E-state index contributed by atoms with van der Waals surface area (Å²) in [5.41, 5.74) is 0.951. The number of ketones is 2. The van der Waals surface area contributed by atoms with E-state index < -0.39 is 23.9 Å². The van der Waals surface area contributed by atoms with Gasteiger partial charge in [0.25, 0.3) is 11.6 Å². The molecule has 0 bridgehead atoms. The predicted octanol–water partition coefficient (Wildman–Crippen LogP) is 8.84. The summed E-state index contributed by atoms with van der Waals surface area (Å²) < 4.78 is 72.2. The van der Waals surface area contributed by atoms with Crippen LogP contribution in [0.25, 0.3) is 10.6 Å². The maximum Gasteiger partial charge on any atom is 2.00 e. The van der Waals surface area contributed by atoms with E-state index in [-0.39, 0.29) is 26.8 Å². The van der Waals surface area contributed by atoms with E-state index in [2.05, 4.69) is 10.6 Å². The van der Waals surface area contributed by atoms with Crippen molar-refractivity contribution < 1.29 is 52.7 Å². The molecule has 0 spiro atoms. The predicted molar refractivity (Wildman–Crippen MR) is 119 cm³/mol. The first-order valence-corrected chi connectivity index (χ1v) is 11.2. The molecule has 0 saturated carbocycles. The fraction of sp³-hybridized carbons (Fsp3) is 0.100. The number of allylic oxidation sites excluding steroid dienone is 2. The van der Waals surface area contributed by atoms with E-state index in [0.717, 1.165) is 23.5 Å².